The van der Waals surface area contributed by atoms with E-state index in [4.69, 9.17) is 0 Å². The number of nitrogens with zero attached hydrogens (tertiary/aromatic N) is 3. The van der Waals surface area contributed by atoms with Crippen molar-refractivity contribution in [2.75, 3.05) is 50.6 Å². The molecule has 1 fully saturated rings. The van der Waals surface area contributed by atoms with Crippen LogP contribution >= 0.6 is 0 Å². The number of nitrogens with one attached hydrogen (secondary N) is 2. The summed E-state index contributed by atoms with van der Waals surface area (Å²) in [5.74, 6) is 0. The van der Waals surface area contributed by atoms with Crippen LogP contribution in [0.3, 0.4) is 0 Å². The molecule has 0 aromatic carbocycles. The van der Waals surface area contributed by atoms with Gasteiger partial charge in [0.1, 0.15) is 12.3 Å². The Hall–Kier alpha value is -2.15. The summed E-state index contributed by atoms with van der Waals surface area (Å²) >= 11 is 0. The van der Waals surface area contributed by atoms with Crippen molar-refractivity contribution in [2.45, 2.75) is 19.3 Å². The van der Waals surface area contributed by atoms with Gasteiger partial charge in [-0.2, -0.15) is 0 Å². The topological polar surface area (TPSA) is 64.3 Å². The first-order valence-corrected chi connectivity index (χ1v) is 8.29. The second-order valence-electron chi connectivity index (χ2n) is 6.01. The summed E-state index contributed by atoms with van der Waals surface area (Å²) in [6.07, 6.45) is 7.99. The van der Waals surface area contributed by atoms with Crippen LogP contribution in [0.5, 0.6) is 0 Å². The van der Waals surface area contributed by atoms with Crippen molar-refractivity contribution in [1.29, 1.82) is 0 Å². The number of aromatic nitrogens is 2. The van der Waals surface area contributed by atoms with Gasteiger partial charge in [-0.1, -0.05) is 6.42 Å². The van der Waals surface area contributed by atoms with Crippen LogP contribution in [0, 0.1) is 0 Å². The molecule has 0 bridgehead atoms. The van der Waals surface area contributed by atoms with E-state index in [1.807, 2.05) is 31.3 Å². The van der Waals surface area contributed by atoms with Gasteiger partial charge in [-0.25, -0.2) is 9.37 Å². The van der Waals surface area contributed by atoms with E-state index in [9.17, 15) is 9.18 Å². The minimum Gasteiger partial charge on any atom is -0.375 e. The van der Waals surface area contributed by atoms with E-state index in [1.165, 1.54) is 19.3 Å². The molecule has 0 spiro atoms. The molecule has 24 heavy (non-hydrogen) atoms. The molecule has 0 unspecified atom stereocenters. The van der Waals surface area contributed by atoms with E-state index in [0.717, 1.165) is 29.8 Å². The third kappa shape index (κ3) is 4.67. The number of anilines is 2. The first kappa shape index (κ1) is 18.2. The quantitative estimate of drug-likeness (QED) is 0.825. The van der Waals surface area contributed by atoms with Crippen LogP contribution in [-0.4, -0.2) is 61.7 Å². The van der Waals surface area contributed by atoms with Crippen LogP contribution in [0.25, 0.3) is 11.0 Å². The number of pyridine rings is 1. The number of piperidine rings is 1. The number of halogens is 1. The van der Waals surface area contributed by atoms with Crippen molar-refractivity contribution in [3.05, 3.63) is 18.5 Å². The summed E-state index contributed by atoms with van der Waals surface area (Å²) in [5.41, 5.74) is 2.48. The summed E-state index contributed by atoms with van der Waals surface area (Å²) in [5, 5.41) is 3.63. The average molecular weight is 335 g/mol. The highest BCUT2D eigenvalue weighted by Crippen LogP contribution is 2.31. The Kier molecular flexibility index (Phi) is 6.99. The predicted octanol–water partition coefficient (Wildman–Crippen LogP) is 2.64. The largest absolute Gasteiger partial charge is 0.375 e. The zero-order valence-electron chi connectivity index (χ0n) is 14.4. The standard InChI is InChI=1S/C10H12N4O.C7H14FN/c1-14(2)9-7-3-4-11-10(7)12-5-8(9)13-6-15;8-4-7-9-5-2-1-3-6-9/h3-6H,1-2H3,(H,11,12)(H,13,15);1-7H2. The number of amides is 1. The summed E-state index contributed by atoms with van der Waals surface area (Å²) < 4.78 is 11.7. The Bertz CT molecular complexity index is 634. The number of rotatable bonds is 5. The van der Waals surface area contributed by atoms with Crippen LogP contribution in [0.15, 0.2) is 18.5 Å². The number of H-pyrrole nitrogens is 1. The minimum absolute atomic E-state index is 0.181. The molecule has 2 aromatic rings. The lowest BCUT2D eigenvalue weighted by molar-refractivity contribution is -0.105. The number of hydrogen-bond donors (Lipinski definition) is 2. The molecular weight excluding hydrogens is 309 g/mol. The van der Waals surface area contributed by atoms with Crippen molar-refractivity contribution >= 4 is 28.8 Å². The fourth-order valence-corrected chi connectivity index (χ4v) is 2.95. The van der Waals surface area contributed by atoms with Gasteiger partial charge < -0.3 is 20.1 Å². The van der Waals surface area contributed by atoms with Crippen molar-refractivity contribution in [2.24, 2.45) is 0 Å². The van der Waals surface area contributed by atoms with Gasteiger partial charge in [0.2, 0.25) is 6.41 Å². The number of aromatic amines is 1. The molecule has 7 heteroatoms. The van der Waals surface area contributed by atoms with Gasteiger partial charge in [0.05, 0.1) is 17.6 Å². The van der Waals surface area contributed by atoms with Crippen LogP contribution in [0.2, 0.25) is 0 Å². The number of fused-ring (bicyclic) bond motifs is 1. The average Bonchev–Trinajstić information content (AvgIpc) is 3.05. The molecule has 3 rings (SSSR count). The first-order chi connectivity index (χ1) is 11.7. The normalized spacial score (nSPS) is 14.8. The number of carbonyl (C=O) groups is 1. The minimum atomic E-state index is -0.181. The van der Waals surface area contributed by atoms with Gasteiger partial charge in [0.15, 0.2) is 0 Å². The Morgan fingerprint density at radius 2 is 2.12 bits per heavy atom. The van der Waals surface area contributed by atoms with Gasteiger partial charge in [0, 0.05) is 32.2 Å². The third-order valence-corrected chi connectivity index (χ3v) is 4.07. The molecule has 1 aliphatic rings. The highest BCUT2D eigenvalue weighted by atomic mass is 19.1. The van der Waals surface area contributed by atoms with E-state index < -0.39 is 0 Å². The van der Waals surface area contributed by atoms with Crippen molar-refractivity contribution in [3.63, 3.8) is 0 Å². The van der Waals surface area contributed by atoms with E-state index in [1.54, 1.807) is 6.20 Å². The van der Waals surface area contributed by atoms with Gasteiger partial charge in [-0.05, 0) is 32.0 Å². The molecule has 0 radical (unpaired) electrons. The second kappa shape index (κ2) is 9.22. The van der Waals surface area contributed by atoms with Crippen LogP contribution in [0.4, 0.5) is 15.8 Å². The van der Waals surface area contributed by atoms with Gasteiger partial charge in [0.25, 0.3) is 0 Å². The molecule has 2 aromatic heterocycles. The molecule has 132 valence electrons. The van der Waals surface area contributed by atoms with Gasteiger partial charge >= 0.3 is 0 Å². The van der Waals surface area contributed by atoms with Crippen molar-refractivity contribution < 1.29 is 9.18 Å². The van der Waals surface area contributed by atoms with Gasteiger partial charge in [-0.3, -0.25) is 4.79 Å². The number of hydrogen-bond acceptors (Lipinski definition) is 4. The van der Waals surface area contributed by atoms with Crippen LogP contribution in [0.1, 0.15) is 19.3 Å². The molecule has 1 saturated heterocycles. The number of alkyl halides is 1. The number of likely N-dealkylation sites (tertiary alicyclic amines) is 1. The predicted molar refractivity (Wildman–Crippen MR) is 96.4 cm³/mol. The Balaban J connectivity index is 0.000000198. The summed E-state index contributed by atoms with van der Waals surface area (Å²) in [6.45, 7) is 2.70. The van der Waals surface area contributed by atoms with E-state index in [-0.39, 0.29) is 6.67 Å². The summed E-state index contributed by atoms with van der Waals surface area (Å²) in [7, 11) is 3.86. The van der Waals surface area contributed by atoms with Crippen LogP contribution in [-0.2, 0) is 4.79 Å². The third-order valence-electron chi connectivity index (χ3n) is 4.07. The maximum atomic E-state index is 11.7. The van der Waals surface area contributed by atoms with Crippen molar-refractivity contribution in [3.8, 4) is 0 Å². The molecule has 2 N–H and O–H groups in total. The second-order valence-corrected chi connectivity index (χ2v) is 6.01. The lowest BCUT2D eigenvalue weighted by Gasteiger charge is -2.24. The van der Waals surface area contributed by atoms with E-state index in [0.29, 0.717) is 18.6 Å². The molecule has 0 saturated carbocycles. The highest BCUT2D eigenvalue weighted by molar-refractivity contribution is 5.98. The van der Waals surface area contributed by atoms with E-state index >= 15 is 0 Å². The highest BCUT2D eigenvalue weighted by Gasteiger charge is 2.10. The summed E-state index contributed by atoms with van der Waals surface area (Å²) in [4.78, 5) is 21.8. The maximum absolute atomic E-state index is 11.7. The zero-order valence-corrected chi connectivity index (χ0v) is 14.4. The zero-order chi connectivity index (χ0) is 17.4. The Morgan fingerprint density at radius 3 is 2.75 bits per heavy atom. The Labute approximate surface area is 142 Å². The van der Waals surface area contributed by atoms with E-state index in [2.05, 4.69) is 20.2 Å². The lowest BCUT2D eigenvalue weighted by atomic mass is 10.1. The summed E-state index contributed by atoms with van der Waals surface area (Å²) in [6, 6.07) is 1.94. The molecule has 3 heterocycles. The molecule has 6 nitrogen and oxygen atoms in total. The fourth-order valence-electron chi connectivity index (χ4n) is 2.95. The lowest BCUT2D eigenvalue weighted by Crippen LogP contribution is -2.31. The SMILES string of the molecule is CN(C)c1c(NC=O)cnc2[nH]ccc12.FCCN1CCCCC1. The Morgan fingerprint density at radius 1 is 1.38 bits per heavy atom. The van der Waals surface area contributed by atoms with Crippen molar-refractivity contribution in [1.82, 2.24) is 14.9 Å². The molecule has 1 aliphatic heterocycles. The maximum Gasteiger partial charge on any atom is 0.211 e. The monoisotopic (exact) mass is 335 g/mol. The smallest absolute Gasteiger partial charge is 0.211 e. The fraction of sp³-hybridized carbons (Fsp3) is 0.529. The first-order valence-electron chi connectivity index (χ1n) is 8.29. The van der Waals surface area contributed by atoms with Gasteiger partial charge in [-0.15, -0.1) is 0 Å². The molecular formula is C17H26FN5O. The van der Waals surface area contributed by atoms with Crippen LogP contribution < -0.4 is 10.2 Å². The molecule has 1 amide bonds. The number of carbonyl (C=O) groups excluding carboxylic acids is 1. The molecule has 0 aliphatic carbocycles. The molecule has 0 atom stereocenters.